The Morgan fingerprint density at radius 1 is 0.926 bits per heavy atom. The number of rotatable bonds is 4. The van der Waals surface area contributed by atoms with E-state index in [2.05, 4.69) is 11.6 Å². The molecule has 0 atom stereocenters. The molecule has 1 heterocycles. The number of hydrogen-bond acceptors (Lipinski definition) is 2. The summed E-state index contributed by atoms with van der Waals surface area (Å²) in [5.74, 6) is -1.04. The molecule has 0 aliphatic rings. The molecule has 0 radical (unpaired) electrons. The molecule has 6 heteroatoms. The van der Waals surface area contributed by atoms with Gasteiger partial charge >= 0.3 is 0 Å². The third-order valence-corrected chi connectivity index (χ3v) is 3.96. The third-order valence-electron chi connectivity index (χ3n) is 3.96. The second kappa shape index (κ2) is 7.78. The topological polar surface area (TPSA) is 54.9 Å². The van der Waals surface area contributed by atoms with Crippen molar-refractivity contribution in [2.45, 2.75) is 6.54 Å². The second-order valence-electron chi connectivity index (χ2n) is 5.79. The number of H-pyrrole nitrogens is 1. The van der Waals surface area contributed by atoms with Crippen molar-refractivity contribution in [3.05, 3.63) is 115 Å². The third kappa shape index (κ3) is 3.84. The molecule has 4 nitrogen and oxygen atoms in total. The van der Waals surface area contributed by atoms with Crippen molar-refractivity contribution in [3.8, 4) is 0 Å². The van der Waals surface area contributed by atoms with Crippen molar-refractivity contribution in [2.75, 3.05) is 0 Å². The molecular weight excluding hydrogens is 350 g/mol. The normalized spacial score (nSPS) is 12.4. The van der Waals surface area contributed by atoms with Gasteiger partial charge in [0.1, 0.15) is 22.3 Å². The molecule has 0 aliphatic carbocycles. The summed E-state index contributed by atoms with van der Waals surface area (Å²) in [6, 6.07) is 11.8. The summed E-state index contributed by atoms with van der Waals surface area (Å²) in [6.07, 6.45) is 4.02. The highest BCUT2D eigenvalue weighted by Crippen LogP contribution is 2.06. The van der Waals surface area contributed by atoms with Crippen LogP contribution in [0.4, 0.5) is 8.78 Å². The molecule has 0 spiro atoms. The number of hydrogen-bond donors (Lipinski definition) is 1. The van der Waals surface area contributed by atoms with Gasteiger partial charge in [0.2, 0.25) is 0 Å². The van der Waals surface area contributed by atoms with Gasteiger partial charge in [-0.15, -0.1) is 6.58 Å². The highest BCUT2D eigenvalue weighted by molar-refractivity contribution is 5.50. The lowest BCUT2D eigenvalue weighted by Gasteiger charge is -2.05. The van der Waals surface area contributed by atoms with Gasteiger partial charge in [0.05, 0.1) is 0 Å². The van der Waals surface area contributed by atoms with Gasteiger partial charge in [-0.2, -0.15) is 0 Å². The van der Waals surface area contributed by atoms with Crippen LogP contribution < -0.4 is 21.8 Å². The molecule has 0 bridgehead atoms. The SMILES string of the molecule is C=CCn1c(=O)/c(=C/c2ccccc2F)[nH]c(=O)/c1=C/c1ccccc1F. The quantitative estimate of drug-likeness (QED) is 0.714. The first-order valence-corrected chi connectivity index (χ1v) is 8.18. The molecule has 0 saturated carbocycles. The Morgan fingerprint density at radius 2 is 1.48 bits per heavy atom. The zero-order chi connectivity index (χ0) is 19.4. The highest BCUT2D eigenvalue weighted by atomic mass is 19.1. The van der Waals surface area contributed by atoms with Crippen LogP contribution in [0.2, 0.25) is 0 Å². The van der Waals surface area contributed by atoms with E-state index in [4.69, 9.17) is 0 Å². The van der Waals surface area contributed by atoms with Gasteiger partial charge in [-0.25, -0.2) is 8.78 Å². The Balaban J connectivity index is 2.33. The first-order valence-electron chi connectivity index (χ1n) is 8.18. The predicted molar refractivity (Wildman–Crippen MR) is 101 cm³/mol. The monoisotopic (exact) mass is 366 g/mol. The minimum absolute atomic E-state index is 0.0179. The van der Waals surface area contributed by atoms with Crippen LogP contribution in [0, 0.1) is 11.6 Å². The van der Waals surface area contributed by atoms with E-state index in [1.54, 1.807) is 12.1 Å². The molecule has 3 rings (SSSR count). The minimum Gasteiger partial charge on any atom is -0.316 e. The molecule has 0 saturated heterocycles. The Hall–Kier alpha value is -3.54. The number of benzene rings is 2. The fraction of sp³-hybridized carbons (Fsp3) is 0.0476. The van der Waals surface area contributed by atoms with E-state index >= 15 is 0 Å². The Morgan fingerprint density at radius 3 is 2.04 bits per heavy atom. The van der Waals surface area contributed by atoms with Crippen molar-refractivity contribution in [2.24, 2.45) is 0 Å². The average Bonchev–Trinajstić information content (AvgIpc) is 2.65. The van der Waals surface area contributed by atoms with E-state index in [9.17, 15) is 18.4 Å². The van der Waals surface area contributed by atoms with E-state index in [1.165, 1.54) is 59.2 Å². The molecular formula is C21H16F2N2O2. The van der Waals surface area contributed by atoms with Gasteiger partial charge in [0.15, 0.2) is 0 Å². The maximum absolute atomic E-state index is 13.9. The molecule has 3 aromatic rings. The summed E-state index contributed by atoms with van der Waals surface area (Å²) in [5.41, 5.74) is -0.796. The highest BCUT2D eigenvalue weighted by Gasteiger charge is 2.06. The van der Waals surface area contributed by atoms with Crippen LogP contribution in [0.3, 0.4) is 0 Å². The fourth-order valence-electron chi connectivity index (χ4n) is 2.66. The van der Waals surface area contributed by atoms with Crippen LogP contribution in [0.25, 0.3) is 12.2 Å². The van der Waals surface area contributed by atoms with Gasteiger partial charge in [0, 0.05) is 17.7 Å². The molecule has 1 aromatic heterocycles. The fourth-order valence-corrected chi connectivity index (χ4v) is 2.66. The Bertz CT molecular complexity index is 1240. The van der Waals surface area contributed by atoms with E-state index in [1.807, 2.05) is 0 Å². The molecule has 0 fully saturated rings. The lowest BCUT2D eigenvalue weighted by molar-refractivity contribution is 0.623. The van der Waals surface area contributed by atoms with Crippen LogP contribution >= 0.6 is 0 Å². The maximum atomic E-state index is 13.9. The summed E-state index contributed by atoms with van der Waals surface area (Å²) < 4.78 is 29.0. The van der Waals surface area contributed by atoms with Crippen molar-refractivity contribution in [1.29, 1.82) is 0 Å². The number of halogens is 2. The Kier molecular flexibility index (Phi) is 5.26. The van der Waals surface area contributed by atoms with Gasteiger partial charge in [0.25, 0.3) is 11.1 Å². The number of nitrogens with zero attached hydrogens (tertiary/aromatic N) is 1. The number of nitrogens with one attached hydrogen (secondary N) is 1. The van der Waals surface area contributed by atoms with Crippen molar-refractivity contribution < 1.29 is 8.78 Å². The van der Waals surface area contributed by atoms with E-state index in [0.29, 0.717) is 0 Å². The van der Waals surface area contributed by atoms with Gasteiger partial charge in [-0.3, -0.25) is 14.2 Å². The summed E-state index contributed by atoms with van der Waals surface area (Å²) in [4.78, 5) is 27.8. The molecule has 2 aromatic carbocycles. The smallest absolute Gasteiger partial charge is 0.275 e. The summed E-state index contributed by atoms with van der Waals surface area (Å²) in [7, 11) is 0. The van der Waals surface area contributed by atoms with Crippen LogP contribution in [-0.4, -0.2) is 9.55 Å². The van der Waals surface area contributed by atoms with Gasteiger partial charge in [-0.1, -0.05) is 42.5 Å². The van der Waals surface area contributed by atoms with Crippen LogP contribution in [0.5, 0.6) is 0 Å². The molecule has 0 amide bonds. The lowest BCUT2D eigenvalue weighted by atomic mass is 10.2. The minimum atomic E-state index is -0.595. The molecule has 1 N–H and O–H groups in total. The van der Waals surface area contributed by atoms with Crippen LogP contribution in [0.15, 0.2) is 70.8 Å². The van der Waals surface area contributed by atoms with Crippen LogP contribution in [-0.2, 0) is 6.54 Å². The largest absolute Gasteiger partial charge is 0.316 e. The number of allylic oxidation sites excluding steroid dienone is 1. The number of aromatic nitrogens is 2. The van der Waals surface area contributed by atoms with Gasteiger partial charge in [-0.05, 0) is 24.3 Å². The first-order chi connectivity index (χ1) is 13.0. The van der Waals surface area contributed by atoms with E-state index in [-0.39, 0.29) is 28.4 Å². The molecule has 0 unspecified atom stereocenters. The molecule has 27 heavy (non-hydrogen) atoms. The van der Waals surface area contributed by atoms with Crippen molar-refractivity contribution >= 4 is 12.2 Å². The zero-order valence-corrected chi connectivity index (χ0v) is 14.3. The molecule has 0 aliphatic heterocycles. The first kappa shape index (κ1) is 18.3. The van der Waals surface area contributed by atoms with Gasteiger partial charge < -0.3 is 4.98 Å². The second-order valence-corrected chi connectivity index (χ2v) is 5.79. The van der Waals surface area contributed by atoms with E-state index in [0.717, 1.165) is 0 Å². The standard InChI is InChI=1S/C21H16F2N2O2/c1-2-11-25-19(13-15-8-4-6-10-17(15)23)20(26)24-18(21(25)27)12-14-7-3-5-9-16(14)22/h2-10,12-13H,1,11H2,(H,24,26)/b18-12-,19-13-. The summed E-state index contributed by atoms with van der Waals surface area (Å²) in [5, 5.41) is -0.0895. The van der Waals surface area contributed by atoms with E-state index < -0.39 is 22.8 Å². The van der Waals surface area contributed by atoms with Crippen molar-refractivity contribution in [1.82, 2.24) is 9.55 Å². The lowest BCUT2D eigenvalue weighted by Crippen LogP contribution is -2.53. The average molecular weight is 366 g/mol. The predicted octanol–water partition coefficient (Wildman–Crippen LogP) is 1.66. The molecule has 136 valence electrons. The van der Waals surface area contributed by atoms with Crippen LogP contribution in [0.1, 0.15) is 11.1 Å². The Labute approximate surface area is 153 Å². The summed E-state index contributed by atoms with van der Waals surface area (Å²) in [6.45, 7) is 3.63. The maximum Gasteiger partial charge on any atom is 0.275 e. The summed E-state index contributed by atoms with van der Waals surface area (Å²) >= 11 is 0. The number of aromatic amines is 1. The zero-order valence-electron chi connectivity index (χ0n) is 14.3. The van der Waals surface area contributed by atoms with Crippen molar-refractivity contribution in [3.63, 3.8) is 0 Å².